The number of anilines is 1. The lowest BCUT2D eigenvalue weighted by Gasteiger charge is -2.18. The van der Waals surface area contributed by atoms with E-state index in [-0.39, 0.29) is 17.6 Å². The lowest BCUT2D eigenvalue weighted by atomic mass is 10.1. The number of rotatable bonds is 6. The molecule has 2 aliphatic rings. The van der Waals surface area contributed by atoms with Crippen LogP contribution < -0.4 is 5.32 Å². The third-order valence-electron chi connectivity index (χ3n) is 6.01. The van der Waals surface area contributed by atoms with Gasteiger partial charge in [-0.25, -0.2) is 19.3 Å². The molecule has 1 aliphatic heterocycles. The van der Waals surface area contributed by atoms with Crippen LogP contribution in [0.1, 0.15) is 25.5 Å². The molecule has 0 bridgehead atoms. The minimum Gasteiger partial charge on any atom is -0.391 e. The van der Waals surface area contributed by atoms with Gasteiger partial charge < -0.3 is 25.4 Å². The Morgan fingerprint density at radius 1 is 1.12 bits per heavy atom. The number of benzene rings is 1. The zero-order chi connectivity index (χ0) is 22.2. The number of aliphatic hydroxyl groups excluding tert-OH is 3. The van der Waals surface area contributed by atoms with E-state index in [9.17, 15) is 19.7 Å². The van der Waals surface area contributed by atoms with Gasteiger partial charge in [0.05, 0.1) is 24.6 Å². The quantitative estimate of drug-likeness (QED) is 0.406. The fourth-order valence-corrected chi connectivity index (χ4v) is 5.26. The highest BCUT2D eigenvalue weighted by molar-refractivity contribution is 7.99. The molecule has 1 saturated carbocycles. The first kappa shape index (κ1) is 21.5. The van der Waals surface area contributed by atoms with Crippen molar-refractivity contribution >= 4 is 28.7 Å². The fourth-order valence-electron chi connectivity index (χ4n) is 4.26. The van der Waals surface area contributed by atoms with Crippen LogP contribution in [-0.4, -0.2) is 71.0 Å². The van der Waals surface area contributed by atoms with Crippen LogP contribution >= 0.6 is 11.8 Å². The van der Waals surface area contributed by atoms with Gasteiger partial charge in [0.2, 0.25) is 0 Å². The number of aliphatic hydroxyl groups is 3. The molecule has 1 aliphatic carbocycles. The van der Waals surface area contributed by atoms with Crippen molar-refractivity contribution < 1.29 is 24.4 Å². The van der Waals surface area contributed by atoms with E-state index in [0.29, 0.717) is 21.9 Å². The molecule has 0 amide bonds. The Kier molecular flexibility index (Phi) is 5.99. The first-order chi connectivity index (χ1) is 15.5. The summed E-state index contributed by atoms with van der Waals surface area (Å²) in [5.41, 5.74) is 0.926. The minimum absolute atomic E-state index is 0.104. The van der Waals surface area contributed by atoms with Crippen LogP contribution in [0.3, 0.4) is 0 Å². The van der Waals surface area contributed by atoms with Crippen molar-refractivity contribution in [2.24, 2.45) is 0 Å². The molecule has 1 saturated heterocycles. The molecule has 6 atom stereocenters. The van der Waals surface area contributed by atoms with Crippen molar-refractivity contribution in [2.75, 3.05) is 11.1 Å². The van der Waals surface area contributed by atoms with E-state index in [4.69, 9.17) is 4.74 Å². The van der Waals surface area contributed by atoms with Gasteiger partial charge in [-0.3, -0.25) is 4.57 Å². The Morgan fingerprint density at radius 3 is 2.75 bits per heavy atom. The van der Waals surface area contributed by atoms with E-state index in [2.05, 4.69) is 20.3 Å². The van der Waals surface area contributed by atoms with Crippen molar-refractivity contribution in [1.82, 2.24) is 19.5 Å². The lowest BCUT2D eigenvalue weighted by molar-refractivity contribution is -0.0289. The molecule has 11 heteroatoms. The second-order valence-corrected chi connectivity index (χ2v) is 9.14. The average molecular weight is 462 g/mol. The lowest BCUT2D eigenvalue weighted by Crippen LogP contribution is -2.32. The second-order valence-electron chi connectivity index (χ2n) is 8.08. The number of imidazole rings is 1. The molecule has 2 fully saturated rings. The molecule has 9 nitrogen and oxygen atoms in total. The van der Waals surface area contributed by atoms with Crippen LogP contribution in [0.15, 0.2) is 41.8 Å². The smallest absolute Gasteiger partial charge is 0.167 e. The van der Waals surface area contributed by atoms with Gasteiger partial charge in [0.15, 0.2) is 23.2 Å². The van der Waals surface area contributed by atoms with E-state index in [0.717, 1.165) is 19.3 Å². The van der Waals surface area contributed by atoms with Gasteiger partial charge in [-0.2, -0.15) is 0 Å². The molecule has 3 heterocycles. The van der Waals surface area contributed by atoms with Gasteiger partial charge >= 0.3 is 0 Å². The number of halogens is 1. The Bertz CT molecular complexity index is 1100. The number of fused-ring (bicyclic) bond motifs is 1. The summed E-state index contributed by atoms with van der Waals surface area (Å²) >= 11 is 1.22. The molecular weight excluding hydrogens is 437 g/mol. The highest BCUT2D eigenvalue weighted by Crippen LogP contribution is 2.35. The van der Waals surface area contributed by atoms with Gasteiger partial charge in [0, 0.05) is 10.6 Å². The van der Waals surface area contributed by atoms with Gasteiger partial charge in [-0.15, -0.1) is 11.8 Å². The highest BCUT2D eigenvalue weighted by Gasteiger charge is 2.44. The van der Waals surface area contributed by atoms with Crippen LogP contribution in [0.5, 0.6) is 0 Å². The zero-order valence-electron chi connectivity index (χ0n) is 17.1. The van der Waals surface area contributed by atoms with Gasteiger partial charge in [0.1, 0.15) is 24.4 Å². The van der Waals surface area contributed by atoms with Crippen molar-refractivity contribution in [1.29, 1.82) is 0 Å². The average Bonchev–Trinajstić information content (AvgIpc) is 3.47. The Balaban J connectivity index is 1.34. The molecule has 1 aromatic carbocycles. The summed E-state index contributed by atoms with van der Waals surface area (Å²) in [5, 5.41) is 34.5. The van der Waals surface area contributed by atoms with Crippen molar-refractivity contribution in [3.05, 3.63) is 42.7 Å². The van der Waals surface area contributed by atoms with Crippen LogP contribution in [0.2, 0.25) is 0 Å². The molecular formula is C21H24FN5O4S. The van der Waals surface area contributed by atoms with Crippen LogP contribution in [-0.2, 0) is 4.74 Å². The maximum Gasteiger partial charge on any atom is 0.167 e. The van der Waals surface area contributed by atoms with E-state index in [1.165, 1.54) is 30.5 Å². The first-order valence-electron chi connectivity index (χ1n) is 10.5. The summed E-state index contributed by atoms with van der Waals surface area (Å²) in [6.07, 6.45) is 0.990. The third kappa shape index (κ3) is 3.95. The van der Waals surface area contributed by atoms with Crippen molar-refractivity contribution in [3.63, 3.8) is 0 Å². The third-order valence-corrected chi connectivity index (χ3v) is 7.15. The van der Waals surface area contributed by atoms with Gasteiger partial charge in [-0.05, 0) is 31.4 Å². The number of nitrogens with zero attached hydrogens (tertiary/aromatic N) is 4. The number of ether oxygens (including phenoxy) is 1. The number of hydrogen-bond acceptors (Lipinski definition) is 9. The molecule has 4 N–H and O–H groups in total. The van der Waals surface area contributed by atoms with Crippen molar-refractivity contribution in [3.8, 4) is 0 Å². The SMILES string of the molecule is O[C@@H]1[C@@H](CSc2ccccc2F)OC(n2cnc3c(N[C@H]4CCC[C@@H]4O)ncnc32)[C@@H]1O. The minimum atomic E-state index is -1.21. The molecule has 0 spiro atoms. The highest BCUT2D eigenvalue weighted by atomic mass is 32.2. The maximum absolute atomic E-state index is 13.9. The van der Waals surface area contributed by atoms with Crippen LogP contribution in [0, 0.1) is 5.82 Å². The molecule has 170 valence electrons. The van der Waals surface area contributed by atoms with E-state index in [1.807, 2.05) is 0 Å². The summed E-state index contributed by atoms with van der Waals surface area (Å²) in [4.78, 5) is 13.4. The molecule has 1 unspecified atom stereocenters. The summed E-state index contributed by atoms with van der Waals surface area (Å²) < 4.78 is 21.4. The molecule has 3 aromatic rings. The second kappa shape index (κ2) is 8.91. The van der Waals surface area contributed by atoms with Gasteiger partial charge in [0.25, 0.3) is 0 Å². The summed E-state index contributed by atoms with van der Waals surface area (Å²) in [6.45, 7) is 0. The predicted octanol–water partition coefficient (Wildman–Crippen LogP) is 1.70. The van der Waals surface area contributed by atoms with E-state index in [1.54, 1.807) is 22.8 Å². The Hall–Kier alpha value is -2.31. The summed E-state index contributed by atoms with van der Waals surface area (Å²) in [6, 6.07) is 6.28. The van der Waals surface area contributed by atoms with Crippen LogP contribution in [0.25, 0.3) is 11.2 Å². The largest absolute Gasteiger partial charge is 0.391 e. The maximum atomic E-state index is 13.9. The van der Waals surface area contributed by atoms with E-state index < -0.39 is 30.6 Å². The van der Waals surface area contributed by atoms with Crippen molar-refractivity contribution in [2.45, 2.75) is 60.8 Å². The molecule has 32 heavy (non-hydrogen) atoms. The Labute approximate surface area is 187 Å². The summed E-state index contributed by atoms with van der Waals surface area (Å²) in [5.74, 6) is 0.426. The Morgan fingerprint density at radius 2 is 1.97 bits per heavy atom. The van der Waals surface area contributed by atoms with Gasteiger partial charge in [-0.1, -0.05) is 12.1 Å². The monoisotopic (exact) mass is 461 g/mol. The topological polar surface area (TPSA) is 126 Å². The summed E-state index contributed by atoms with van der Waals surface area (Å²) in [7, 11) is 0. The molecule has 2 aromatic heterocycles. The molecule has 0 radical (unpaired) electrons. The molecule has 5 rings (SSSR count). The zero-order valence-corrected chi connectivity index (χ0v) is 17.9. The number of hydrogen-bond donors (Lipinski definition) is 4. The van der Waals surface area contributed by atoms with Crippen LogP contribution in [0.4, 0.5) is 10.2 Å². The van der Waals surface area contributed by atoms with E-state index >= 15 is 0 Å². The fraction of sp³-hybridized carbons (Fsp3) is 0.476. The number of thioether (sulfide) groups is 1. The number of nitrogens with one attached hydrogen (secondary N) is 1. The standard InChI is InChI=1S/C21H24FN5O4S/c22-11-4-1-2-7-15(11)32-8-14-17(29)18(30)21(31-14)27-10-25-16-19(23-9-24-20(16)27)26-12-5-3-6-13(12)28/h1-2,4,7,9-10,12-14,17-18,21,28-30H,3,5-6,8H2,(H,23,24,26)/t12-,13-,14+,17+,18+,21?/m0/s1. The predicted molar refractivity (Wildman–Crippen MR) is 116 cm³/mol. The first-order valence-corrected chi connectivity index (χ1v) is 11.5. The normalized spacial score (nSPS) is 30.2. The number of aromatic nitrogens is 4.